The Bertz CT molecular complexity index is 1370. The zero-order valence-electron chi connectivity index (χ0n) is 16.0. The number of benzene rings is 2. The van der Waals surface area contributed by atoms with Gasteiger partial charge in [-0.25, -0.2) is 26.0 Å². The second kappa shape index (κ2) is 7.33. The van der Waals surface area contributed by atoms with Crippen molar-refractivity contribution in [2.45, 2.75) is 27.9 Å². The van der Waals surface area contributed by atoms with Crippen LogP contribution in [0.15, 0.2) is 61.5 Å². The summed E-state index contributed by atoms with van der Waals surface area (Å²) in [4.78, 5) is 11.7. The van der Waals surface area contributed by atoms with Crippen molar-refractivity contribution in [3.05, 3.63) is 58.8 Å². The van der Waals surface area contributed by atoms with E-state index in [4.69, 9.17) is 4.42 Å². The molecule has 1 aliphatic rings. The third-order valence-electron chi connectivity index (χ3n) is 5.38. The van der Waals surface area contributed by atoms with Crippen LogP contribution in [0.4, 0.5) is 4.39 Å². The van der Waals surface area contributed by atoms with Gasteiger partial charge in [0.25, 0.3) is 0 Å². The molecule has 0 aliphatic carbocycles. The molecule has 11 heteroatoms. The number of fused-ring (bicyclic) bond motifs is 1. The number of sulfonamides is 1. The third-order valence-corrected chi connectivity index (χ3v) is 9.56. The minimum Gasteiger partial charge on any atom is -0.408 e. The van der Waals surface area contributed by atoms with Gasteiger partial charge >= 0.3 is 5.76 Å². The van der Waals surface area contributed by atoms with Crippen LogP contribution in [0.25, 0.3) is 11.1 Å². The van der Waals surface area contributed by atoms with Crippen LogP contribution in [0.1, 0.15) is 12.8 Å². The van der Waals surface area contributed by atoms with Crippen LogP contribution in [0.3, 0.4) is 0 Å². The molecule has 2 aromatic carbocycles. The molecule has 0 spiro atoms. The van der Waals surface area contributed by atoms with Crippen molar-refractivity contribution in [3.8, 4) is 0 Å². The van der Waals surface area contributed by atoms with Gasteiger partial charge in [0.2, 0.25) is 10.0 Å². The Kier molecular flexibility index (Phi) is 5.07. The van der Waals surface area contributed by atoms with Crippen LogP contribution in [0, 0.1) is 5.82 Å². The van der Waals surface area contributed by atoms with Gasteiger partial charge in [-0.2, -0.15) is 4.31 Å². The van der Waals surface area contributed by atoms with Gasteiger partial charge in [-0.05, 0) is 55.3 Å². The van der Waals surface area contributed by atoms with E-state index in [0.29, 0.717) is 5.52 Å². The number of halogens is 1. The zero-order valence-corrected chi connectivity index (χ0v) is 17.6. The molecule has 0 unspecified atom stereocenters. The van der Waals surface area contributed by atoms with E-state index in [9.17, 15) is 26.0 Å². The molecule has 1 aromatic heterocycles. The molecule has 4 rings (SSSR count). The predicted octanol–water partition coefficient (Wildman–Crippen LogP) is 1.90. The summed E-state index contributed by atoms with van der Waals surface area (Å²) in [6.07, 6.45) is 0.261. The standard InChI is InChI=1S/C19H19FN2O6S2/c1-21-17-12-16(6-7-18(17)28-19(21)23)30(26,27)22-10-8-15(9-11-22)29(24,25)14-4-2-13(20)3-5-14/h2-7,12,15H,8-11H2,1H3. The molecule has 1 saturated heterocycles. The zero-order chi connectivity index (χ0) is 21.7. The Morgan fingerprint density at radius 3 is 2.20 bits per heavy atom. The molecule has 0 atom stereocenters. The van der Waals surface area contributed by atoms with Crippen molar-refractivity contribution in [1.82, 2.24) is 8.87 Å². The lowest BCUT2D eigenvalue weighted by atomic mass is 10.2. The van der Waals surface area contributed by atoms with E-state index in [-0.39, 0.29) is 41.3 Å². The monoisotopic (exact) mass is 454 g/mol. The van der Waals surface area contributed by atoms with Crippen molar-refractivity contribution in [2.24, 2.45) is 7.05 Å². The molecular weight excluding hydrogens is 435 g/mol. The molecular formula is C19H19FN2O6S2. The van der Waals surface area contributed by atoms with Crippen LogP contribution < -0.4 is 5.76 Å². The molecule has 3 aromatic rings. The molecule has 1 fully saturated rings. The fraction of sp³-hybridized carbons (Fsp3) is 0.316. The smallest absolute Gasteiger partial charge is 0.408 e. The van der Waals surface area contributed by atoms with Crippen LogP contribution >= 0.6 is 0 Å². The second-order valence-corrected chi connectivity index (χ2v) is 11.3. The molecule has 0 bridgehead atoms. The number of piperidine rings is 1. The summed E-state index contributed by atoms with van der Waals surface area (Å²) >= 11 is 0. The number of sulfone groups is 1. The second-order valence-electron chi connectivity index (χ2n) is 7.16. The van der Waals surface area contributed by atoms with E-state index >= 15 is 0 Å². The first-order valence-electron chi connectivity index (χ1n) is 9.20. The topological polar surface area (TPSA) is 107 Å². The highest BCUT2D eigenvalue weighted by molar-refractivity contribution is 7.92. The van der Waals surface area contributed by atoms with Crippen molar-refractivity contribution in [2.75, 3.05) is 13.1 Å². The molecule has 8 nitrogen and oxygen atoms in total. The summed E-state index contributed by atoms with van der Waals surface area (Å²) in [5.41, 5.74) is 0.639. The minimum absolute atomic E-state index is 0.00578. The van der Waals surface area contributed by atoms with Gasteiger partial charge in [-0.1, -0.05) is 0 Å². The Hall–Kier alpha value is -2.50. The van der Waals surface area contributed by atoms with Crippen molar-refractivity contribution in [1.29, 1.82) is 0 Å². The summed E-state index contributed by atoms with van der Waals surface area (Å²) in [7, 11) is -6.07. The Morgan fingerprint density at radius 1 is 0.967 bits per heavy atom. The summed E-state index contributed by atoms with van der Waals surface area (Å²) in [5, 5.41) is -0.744. The highest BCUT2D eigenvalue weighted by Gasteiger charge is 2.36. The minimum atomic E-state index is -3.87. The number of hydrogen-bond acceptors (Lipinski definition) is 6. The molecule has 0 N–H and O–H groups in total. The Labute approximate surface area is 172 Å². The fourth-order valence-corrected chi connectivity index (χ4v) is 6.84. The average molecular weight is 455 g/mol. The first-order valence-corrected chi connectivity index (χ1v) is 12.2. The molecule has 0 radical (unpaired) electrons. The Balaban J connectivity index is 1.55. The highest BCUT2D eigenvalue weighted by Crippen LogP contribution is 2.28. The van der Waals surface area contributed by atoms with Crippen molar-refractivity contribution >= 4 is 31.0 Å². The maximum absolute atomic E-state index is 13.1. The third kappa shape index (κ3) is 3.46. The first-order chi connectivity index (χ1) is 14.1. The number of rotatable bonds is 4. The van der Waals surface area contributed by atoms with Gasteiger partial charge in [-0.3, -0.25) is 4.57 Å². The van der Waals surface area contributed by atoms with Crippen molar-refractivity contribution in [3.63, 3.8) is 0 Å². The number of aromatic nitrogens is 1. The Morgan fingerprint density at radius 2 is 1.57 bits per heavy atom. The summed E-state index contributed by atoms with van der Waals surface area (Å²) in [6.45, 7) is 0.0750. The molecule has 0 amide bonds. The number of nitrogens with zero attached hydrogens (tertiary/aromatic N) is 2. The number of aryl methyl sites for hydroxylation is 1. The highest BCUT2D eigenvalue weighted by atomic mass is 32.2. The lowest BCUT2D eigenvalue weighted by Gasteiger charge is -2.31. The molecule has 2 heterocycles. The quantitative estimate of drug-likeness (QED) is 0.558. The van der Waals surface area contributed by atoms with Gasteiger partial charge in [0.1, 0.15) is 5.82 Å². The van der Waals surface area contributed by atoms with E-state index in [2.05, 4.69) is 0 Å². The van der Waals surface area contributed by atoms with Crippen molar-refractivity contribution < 1.29 is 25.6 Å². The number of hydrogen-bond donors (Lipinski definition) is 0. The predicted molar refractivity (Wildman–Crippen MR) is 107 cm³/mol. The molecule has 0 saturated carbocycles. The molecule has 1 aliphatic heterocycles. The fourth-order valence-electron chi connectivity index (χ4n) is 3.62. The van der Waals surface area contributed by atoms with E-state index in [0.717, 1.165) is 12.1 Å². The maximum atomic E-state index is 13.1. The largest absolute Gasteiger partial charge is 0.419 e. The van der Waals surface area contributed by atoms with Crippen LogP contribution in [0.2, 0.25) is 0 Å². The normalized spacial score (nSPS) is 16.9. The van der Waals surface area contributed by atoms with Gasteiger partial charge < -0.3 is 4.42 Å². The van der Waals surface area contributed by atoms with E-state index in [1.54, 1.807) is 0 Å². The van der Waals surface area contributed by atoms with Gasteiger partial charge in [0.15, 0.2) is 15.4 Å². The van der Waals surface area contributed by atoms with Gasteiger partial charge in [-0.15, -0.1) is 0 Å². The average Bonchev–Trinajstić information content (AvgIpc) is 3.01. The van der Waals surface area contributed by atoms with Crippen LogP contribution in [-0.2, 0) is 26.9 Å². The number of oxazole rings is 1. The van der Waals surface area contributed by atoms with Gasteiger partial charge in [0, 0.05) is 20.1 Å². The lowest BCUT2D eigenvalue weighted by molar-refractivity contribution is 0.345. The van der Waals surface area contributed by atoms with E-state index in [1.807, 2.05) is 0 Å². The summed E-state index contributed by atoms with van der Waals surface area (Å²) < 4.78 is 72.2. The molecule has 160 valence electrons. The SMILES string of the molecule is Cn1c(=O)oc2ccc(S(=O)(=O)N3CCC(S(=O)(=O)c4ccc(F)cc4)CC3)cc21. The van der Waals surface area contributed by atoms with Crippen LogP contribution in [0.5, 0.6) is 0 Å². The maximum Gasteiger partial charge on any atom is 0.419 e. The van der Waals surface area contributed by atoms with E-state index in [1.165, 1.54) is 46.3 Å². The summed E-state index contributed by atoms with van der Waals surface area (Å²) in [6, 6.07) is 8.78. The van der Waals surface area contributed by atoms with Crippen LogP contribution in [-0.4, -0.2) is 44.0 Å². The van der Waals surface area contributed by atoms with E-state index < -0.39 is 36.7 Å². The lowest BCUT2D eigenvalue weighted by Crippen LogP contribution is -2.42. The summed E-state index contributed by atoms with van der Waals surface area (Å²) in [5.74, 6) is -1.12. The van der Waals surface area contributed by atoms with Gasteiger partial charge in [0.05, 0.1) is 20.6 Å². The molecule has 30 heavy (non-hydrogen) atoms. The first kappa shape index (κ1) is 20.8.